The Kier molecular flexibility index (Phi) is 3.54. The van der Waals surface area contributed by atoms with Crippen LogP contribution < -0.4 is 10.6 Å². The fourth-order valence-corrected chi connectivity index (χ4v) is 1.94. The van der Waals surface area contributed by atoms with Crippen LogP contribution in [0, 0.1) is 0 Å². The van der Waals surface area contributed by atoms with Crippen molar-refractivity contribution in [3.63, 3.8) is 0 Å². The van der Waals surface area contributed by atoms with Gasteiger partial charge < -0.3 is 15.7 Å². The summed E-state index contributed by atoms with van der Waals surface area (Å²) in [5, 5.41) is 14.5. The summed E-state index contributed by atoms with van der Waals surface area (Å²) in [7, 11) is 0. The zero-order chi connectivity index (χ0) is 11.4. The van der Waals surface area contributed by atoms with Crippen LogP contribution in [0.1, 0.15) is 11.1 Å². The molecule has 0 aliphatic carbocycles. The average molecular weight is 220 g/mol. The molecule has 0 unspecified atom stereocenters. The fraction of sp³-hybridized carbons (Fsp3) is 0.417. The van der Waals surface area contributed by atoms with Crippen molar-refractivity contribution in [2.75, 3.05) is 13.2 Å². The Morgan fingerprint density at radius 1 is 1.44 bits per heavy atom. The van der Waals surface area contributed by atoms with Crippen LogP contribution in [-0.2, 0) is 17.8 Å². The van der Waals surface area contributed by atoms with Crippen molar-refractivity contribution < 1.29 is 9.90 Å². The van der Waals surface area contributed by atoms with Gasteiger partial charge in [-0.05, 0) is 17.5 Å². The lowest BCUT2D eigenvalue weighted by atomic mass is 9.95. The van der Waals surface area contributed by atoms with Crippen LogP contribution >= 0.6 is 0 Å². The van der Waals surface area contributed by atoms with E-state index in [1.807, 2.05) is 12.1 Å². The number of hydrogen-bond donors (Lipinski definition) is 3. The number of aliphatic hydroxyl groups is 1. The van der Waals surface area contributed by atoms with E-state index in [4.69, 9.17) is 5.11 Å². The first kappa shape index (κ1) is 11.1. The molecular formula is C12H16N2O2. The van der Waals surface area contributed by atoms with Gasteiger partial charge in [-0.1, -0.05) is 24.3 Å². The molecule has 0 spiro atoms. The van der Waals surface area contributed by atoms with E-state index in [-0.39, 0.29) is 18.6 Å². The summed E-state index contributed by atoms with van der Waals surface area (Å²) in [5.74, 6) is -0.0384. The molecule has 4 heteroatoms. The minimum Gasteiger partial charge on any atom is -0.395 e. The van der Waals surface area contributed by atoms with Gasteiger partial charge in [-0.15, -0.1) is 0 Å². The van der Waals surface area contributed by atoms with Gasteiger partial charge in [-0.3, -0.25) is 4.79 Å². The molecule has 0 saturated heterocycles. The lowest BCUT2D eigenvalue weighted by molar-refractivity contribution is -0.123. The number of nitrogens with one attached hydrogen (secondary N) is 2. The van der Waals surface area contributed by atoms with Crippen LogP contribution in [-0.4, -0.2) is 30.2 Å². The van der Waals surface area contributed by atoms with E-state index in [1.165, 1.54) is 11.1 Å². The van der Waals surface area contributed by atoms with E-state index >= 15 is 0 Å². The molecule has 0 radical (unpaired) electrons. The quantitative estimate of drug-likeness (QED) is 0.661. The number of rotatable bonds is 3. The molecule has 0 fully saturated rings. The minimum absolute atomic E-state index is 0.0188. The van der Waals surface area contributed by atoms with E-state index in [9.17, 15) is 4.79 Å². The van der Waals surface area contributed by atoms with Crippen LogP contribution in [0.25, 0.3) is 0 Å². The summed E-state index contributed by atoms with van der Waals surface area (Å²) in [6, 6.07) is 7.95. The third-order valence-electron chi connectivity index (χ3n) is 2.81. The van der Waals surface area contributed by atoms with E-state index < -0.39 is 0 Å². The summed E-state index contributed by atoms with van der Waals surface area (Å²) < 4.78 is 0. The Balaban J connectivity index is 1.99. The zero-order valence-corrected chi connectivity index (χ0v) is 9.07. The van der Waals surface area contributed by atoms with E-state index in [1.54, 1.807) is 0 Å². The van der Waals surface area contributed by atoms with E-state index in [0.717, 1.165) is 6.54 Å². The molecule has 4 nitrogen and oxygen atoms in total. The Labute approximate surface area is 94.7 Å². The van der Waals surface area contributed by atoms with Crippen LogP contribution in [0.15, 0.2) is 24.3 Å². The molecule has 1 aromatic carbocycles. The van der Waals surface area contributed by atoms with Gasteiger partial charge >= 0.3 is 0 Å². The van der Waals surface area contributed by atoms with Crippen molar-refractivity contribution in [3.8, 4) is 0 Å². The summed E-state index contributed by atoms with van der Waals surface area (Å²) in [5.41, 5.74) is 2.49. The zero-order valence-electron chi connectivity index (χ0n) is 9.07. The Morgan fingerprint density at radius 2 is 2.19 bits per heavy atom. The smallest absolute Gasteiger partial charge is 0.237 e. The molecule has 86 valence electrons. The van der Waals surface area contributed by atoms with E-state index in [0.29, 0.717) is 13.0 Å². The summed E-state index contributed by atoms with van der Waals surface area (Å²) in [6.07, 6.45) is 0.716. The predicted molar refractivity (Wildman–Crippen MR) is 60.9 cm³/mol. The highest BCUT2D eigenvalue weighted by atomic mass is 16.3. The number of hydrogen-bond acceptors (Lipinski definition) is 3. The van der Waals surface area contributed by atoms with Gasteiger partial charge in [-0.2, -0.15) is 0 Å². The number of fused-ring (bicyclic) bond motifs is 1. The molecule has 1 heterocycles. The van der Waals surface area contributed by atoms with Crippen molar-refractivity contribution >= 4 is 5.91 Å². The van der Waals surface area contributed by atoms with Crippen LogP contribution in [0.4, 0.5) is 0 Å². The largest absolute Gasteiger partial charge is 0.395 e. The summed E-state index contributed by atoms with van der Waals surface area (Å²) >= 11 is 0. The maximum Gasteiger partial charge on any atom is 0.237 e. The molecule has 1 amide bonds. The highest BCUT2D eigenvalue weighted by Gasteiger charge is 2.23. The molecule has 1 aliphatic heterocycles. The van der Waals surface area contributed by atoms with Gasteiger partial charge in [0.2, 0.25) is 5.91 Å². The highest BCUT2D eigenvalue weighted by Crippen LogP contribution is 2.15. The Bertz CT molecular complexity index is 379. The van der Waals surface area contributed by atoms with Gasteiger partial charge in [-0.25, -0.2) is 0 Å². The molecule has 0 saturated carbocycles. The lowest BCUT2D eigenvalue weighted by Crippen LogP contribution is -2.48. The molecule has 16 heavy (non-hydrogen) atoms. The fourth-order valence-electron chi connectivity index (χ4n) is 1.94. The summed E-state index contributed by atoms with van der Waals surface area (Å²) in [4.78, 5) is 11.7. The number of benzene rings is 1. The maximum absolute atomic E-state index is 11.7. The van der Waals surface area contributed by atoms with Gasteiger partial charge in [0.15, 0.2) is 0 Å². The number of amides is 1. The SMILES string of the molecule is O=C(NCCO)[C@@H]1Cc2ccccc2CN1. The molecule has 0 aromatic heterocycles. The van der Waals surface area contributed by atoms with Crippen molar-refractivity contribution in [1.29, 1.82) is 0 Å². The van der Waals surface area contributed by atoms with Gasteiger partial charge in [0, 0.05) is 13.1 Å². The van der Waals surface area contributed by atoms with Gasteiger partial charge in [0.05, 0.1) is 12.6 Å². The molecule has 1 aliphatic rings. The lowest BCUT2D eigenvalue weighted by Gasteiger charge is -2.25. The second kappa shape index (κ2) is 5.09. The number of carbonyl (C=O) groups excluding carboxylic acids is 1. The van der Waals surface area contributed by atoms with Crippen molar-refractivity contribution in [2.45, 2.75) is 19.0 Å². The third-order valence-corrected chi connectivity index (χ3v) is 2.81. The molecule has 3 N–H and O–H groups in total. The number of aliphatic hydroxyl groups excluding tert-OH is 1. The number of carbonyl (C=O) groups is 1. The molecular weight excluding hydrogens is 204 g/mol. The van der Waals surface area contributed by atoms with Crippen LogP contribution in [0.2, 0.25) is 0 Å². The summed E-state index contributed by atoms with van der Waals surface area (Å²) in [6.45, 7) is 1.03. The van der Waals surface area contributed by atoms with Crippen LogP contribution in [0.5, 0.6) is 0 Å². The highest BCUT2D eigenvalue weighted by molar-refractivity contribution is 5.82. The standard InChI is InChI=1S/C12H16N2O2/c15-6-5-13-12(16)11-7-9-3-1-2-4-10(9)8-14-11/h1-4,11,14-15H,5-8H2,(H,13,16)/t11-/m0/s1. The Hall–Kier alpha value is -1.39. The van der Waals surface area contributed by atoms with Crippen molar-refractivity contribution in [1.82, 2.24) is 10.6 Å². The first-order chi connectivity index (χ1) is 7.81. The predicted octanol–water partition coefficient (Wildman–Crippen LogP) is -0.191. The maximum atomic E-state index is 11.7. The first-order valence-corrected chi connectivity index (χ1v) is 5.50. The minimum atomic E-state index is -0.179. The first-order valence-electron chi connectivity index (χ1n) is 5.50. The topological polar surface area (TPSA) is 61.4 Å². The van der Waals surface area contributed by atoms with Crippen molar-refractivity contribution in [3.05, 3.63) is 35.4 Å². The van der Waals surface area contributed by atoms with Gasteiger partial charge in [0.25, 0.3) is 0 Å². The average Bonchev–Trinajstić information content (AvgIpc) is 2.35. The third kappa shape index (κ3) is 2.40. The van der Waals surface area contributed by atoms with Crippen LogP contribution in [0.3, 0.4) is 0 Å². The molecule has 0 bridgehead atoms. The van der Waals surface area contributed by atoms with E-state index in [2.05, 4.69) is 22.8 Å². The monoisotopic (exact) mass is 220 g/mol. The molecule has 2 rings (SSSR count). The molecule has 1 aromatic rings. The van der Waals surface area contributed by atoms with Gasteiger partial charge in [0.1, 0.15) is 0 Å². The molecule has 1 atom stereocenters. The normalized spacial score (nSPS) is 18.9. The Morgan fingerprint density at radius 3 is 2.94 bits per heavy atom. The second-order valence-corrected chi connectivity index (χ2v) is 3.92. The van der Waals surface area contributed by atoms with Crippen molar-refractivity contribution in [2.24, 2.45) is 0 Å². The second-order valence-electron chi connectivity index (χ2n) is 3.92.